The lowest BCUT2D eigenvalue weighted by Crippen LogP contribution is -2.43. The normalized spacial score (nSPS) is 15.0. The molecule has 0 saturated carbocycles. The Morgan fingerprint density at radius 1 is 1.05 bits per heavy atom. The highest BCUT2D eigenvalue weighted by atomic mass is 16.5. The summed E-state index contributed by atoms with van der Waals surface area (Å²) in [6, 6.07) is 12.4. The van der Waals surface area contributed by atoms with E-state index in [2.05, 4.69) is 33.4 Å². The van der Waals surface area contributed by atoms with Crippen molar-refractivity contribution >= 4 is 5.69 Å². The first kappa shape index (κ1) is 13.9. The highest BCUT2D eigenvalue weighted by molar-refractivity contribution is 5.58. The maximum absolute atomic E-state index is 6.01. The third kappa shape index (κ3) is 3.73. The molecule has 1 aliphatic heterocycles. The van der Waals surface area contributed by atoms with Crippen molar-refractivity contribution in [1.82, 2.24) is 10.3 Å². The number of benzene rings is 1. The Kier molecular flexibility index (Phi) is 4.69. The molecule has 1 N–H and O–H groups in total. The zero-order valence-corrected chi connectivity index (χ0v) is 12.2. The van der Waals surface area contributed by atoms with Crippen LogP contribution in [0.25, 0.3) is 0 Å². The zero-order valence-electron chi connectivity index (χ0n) is 12.2. The lowest BCUT2D eigenvalue weighted by Gasteiger charge is -2.30. The summed E-state index contributed by atoms with van der Waals surface area (Å²) < 4.78 is 6.01. The SMILES string of the molecule is c1ccc(N2CCNCC2)c(OCCc2ccncc2)c1. The molecule has 0 atom stereocenters. The van der Waals surface area contributed by atoms with Gasteiger partial charge in [-0.25, -0.2) is 0 Å². The molecule has 2 heterocycles. The molecule has 4 nitrogen and oxygen atoms in total. The summed E-state index contributed by atoms with van der Waals surface area (Å²) in [5.74, 6) is 0.980. The van der Waals surface area contributed by atoms with E-state index in [0.29, 0.717) is 6.61 Å². The minimum absolute atomic E-state index is 0.688. The van der Waals surface area contributed by atoms with Gasteiger partial charge >= 0.3 is 0 Å². The van der Waals surface area contributed by atoms with Crippen LogP contribution in [0.2, 0.25) is 0 Å². The van der Waals surface area contributed by atoms with Crippen molar-refractivity contribution in [1.29, 1.82) is 0 Å². The maximum Gasteiger partial charge on any atom is 0.142 e. The largest absolute Gasteiger partial charge is 0.491 e. The summed E-state index contributed by atoms with van der Waals surface area (Å²) in [6.07, 6.45) is 4.55. The lowest BCUT2D eigenvalue weighted by atomic mass is 10.2. The highest BCUT2D eigenvalue weighted by Crippen LogP contribution is 2.28. The van der Waals surface area contributed by atoms with E-state index >= 15 is 0 Å². The van der Waals surface area contributed by atoms with Gasteiger partial charge in [0.05, 0.1) is 12.3 Å². The van der Waals surface area contributed by atoms with E-state index < -0.39 is 0 Å². The maximum atomic E-state index is 6.01. The Morgan fingerprint density at radius 3 is 2.62 bits per heavy atom. The second kappa shape index (κ2) is 7.09. The van der Waals surface area contributed by atoms with Gasteiger partial charge in [-0.1, -0.05) is 12.1 Å². The van der Waals surface area contributed by atoms with Crippen LogP contribution in [0.15, 0.2) is 48.8 Å². The van der Waals surface area contributed by atoms with E-state index in [-0.39, 0.29) is 0 Å². The third-order valence-corrected chi connectivity index (χ3v) is 3.72. The van der Waals surface area contributed by atoms with Crippen LogP contribution in [0, 0.1) is 0 Å². The lowest BCUT2D eigenvalue weighted by molar-refractivity contribution is 0.321. The Morgan fingerprint density at radius 2 is 1.81 bits per heavy atom. The topological polar surface area (TPSA) is 37.4 Å². The average molecular weight is 283 g/mol. The second-order valence-corrected chi connectivity index (χ2v) is 5.16. The molecule has 4 heteroatoms. The van der Waals surface area contributed by atoms with Gasteiger partial charge in [0.1, 0.15) is 5.75 Å². The van der Waals surface area contributed by atoms with Crippen LogP contribution in [-0.4, -0.2) is 37.8 Å². The number of ether oxygens (including phenoxy) is 1. The number of piperazine rings is 1. The molecule has 1 aromatic heterocycles. The summed E-state index contributed by atoms with van der Waals surface area (Å²) in [7, 11) is 0. The number of rotatable bonds is 5. The van der Waals surface area contributed by atoms with Gasteiger partial charge in [-0.15, -0.1) is 0 Å². The molecule has 1 aliphatic rings. The summed E-state index contributed by atoms with van der Waals surface area (Å²) in [5.41, 5.74) is 2.46. The van der Waals surface area contributed by atoms with Crippen LogP contribution in [0.5, 0.6) is 5.75 Å². The molecule has 0 spiro atoms. The van der Waals surface area contributed by atoms with E-state index in [4.69, 9.17) is 4.74 Å². The van der Waals surface area contributed by atoms with E-state index in [1.165, 1.54) is 11.3 Å². The van der Waals surface area contributed by atoms with Gasteiger partial charge in [0.25, 0.3) is 0 Å². The number of anilines is 1. The second-order valence-electron chi connectivity index (χ2n) is 5.16. The molecular weight excluding hydrogens is 262 g/mol. The predicted molar refractivity (Wildman–Crippen MR) is 85.0 cm³/mol. The van der Waals surface area contributed by atoms with E-state index in [1.807, 2.05) is 30.6 Å². The van der Waals surface area contributed by atoms with Gasteiger partial charge in [-0.3, -0.25) is 4.98 Å². The number of aromatic nitrogens is 1. The molecule has 1 aromatic carbocycles. The average Bonchev–Trinajstić information content (AvgIpc) is 2.57. The molecule has 3 rings (SSSR count). The summed E-state index contributed by atoms with van der Waals surface area (Å²) in [6.45, 7) is 4.82. The van der Waals surface area contributed by atoms with Gasteiger partial charge in [-0.05, 0) is 29.8 Å². The number of hydrogen-bond acceptors (Lipinski definition) is 4. The van der Waals surface area contributed by atoms with Crippen molar-refractivity contribution in [2.75, 3.05) is 37.7 Å². The molecule has 2 aromatic rings. The monoisotopic (exact) mass is 283 g/mol. The summed E-state index contributed by atoms with van der Waals surface area (Å²) >= 11 is 0. The Labute approximate surface area is 125 Å². The molecule has 1 fully saturated rings. The van der Waals surface area contributed by atoms with Crippen LogP contribution in [0.1, 0.15) is 5.56 Å². The van der Waals surface area contributed by atoms with E-state index in [0.717, 1.165) is 38.3 Å². The molecule has 0 unspecified atom stereocenters. The Balaban J connectivity index is 1.62. The van der Waals surface area contributed by atoms with Crippen LogP contribution in [0.3, 0.4) is 0 Å². The Bertz CT molecular complexity index is 553. The van der Waals surface area contributed by atoms with Crippen LogP contribution in [-0.2, 0) is 6.42 Å². The van der Waals surface area contributed by atoms with Gasteiger partial charge in [0, 0.05) is 45.0 Å². The quantitative estimate of drug-likeness (QED) is 0.912. The zero-order chi connectivity index (χ0) is 14.3. The molecule has 110 valence electrons. The highest BCUT2D eigenvalue weighted by Gasteiger charge is 2.14. The fraction of sp³-hybridized carbons (Fsp3) is 0.353. The molecule has 0 amide bonds. The Hall–Kier alpha value is -2.07. The van der Waals surface area contributed by atoms with Gasteiger partial charge in [0.2, 0.25) is 0 Å². The smallest absolute Gasteiger partial charge is 0.142 e. The minimum Gasteiger partial charge on any atom is -0.491 e. The fourth-order valence-electron chi connectivity index (χ4n) is 2.57. The van der Waals surface area contributed by atoms with Gasteiger partial charge in [-0.2, -0.15) is 0 Å². The van der Waals surface area contributed by atoms with Crippen LogP contribution < -0.4 is 15.0 Å². The first-order chi connectivity index (χ1) is 10.4. The summed E-state index contributed by atoms with van der Waals surface area (Å²) in [4.78, 5) is 6.42. The summed E-state index contributed by atoms with van der Waals surface area (Å²) in [5, 5.41) is 3.38. The third-order valence-electron chi connectivity index (χ3n) is 3.72. The fourth-order valence-corrected chi connectivity index (χ4v) is 2.57. The first-order valence-corrected chi connectivity index (χ1v) is 7.50. The van der Waals surface area contributed by atoms with Crippen molar-refractivity contribution in [3.8, 4) is 5.75 Å². The molecule has 1 saturated heterocycles. The van der Waals surface area contributed by atoms with Crippen molar-refractivity contribution in [2.45, 2.75) is 6.42 Å². The van der Waals surface area contributed by atoms with Gasteiger partial charge < -0.3 is 15.0 Å². The van der Waals surface area contributed by atoms with Crippen molar-refractivity contribution in [3.05, 3.63) is 54.4 Å². The number of hydrogen-bond donors (Lipinski definition) is 1. The van der Waals surface area contributed by atoms with E-state index in [1.54, 1.807) is 0 Å². The minimum atomic E-state index is 0.688. The number of para-hydroxylation sites is 2. The van der Waals surface area contributed by atoms with E-state index in [9.17, 15) is 0 Å². The molecule has 0 bridgehead atoms. The molecular formula is C17H21N3O. The first-order valence-electron chi connectivity index (χ1n) is 7.50. The molecule has 0 aliphatic carbocycles. The van der Waals surface area contributed by atoms with Crippen molar-refractivity contribution < 1.29 is 4.74 Å². The number of nitrogens with one attached hydrogen (secondary N) is 1. The number of pyridine rings is 1. The predicted octanol–water partition coefficient (Wildman–Crippen LogP) is 2.11. The molecule has 0 radical (unpaired) electrons. The molecule has 21 heavy (non-hydrogen) atoms. The standard InChI is InChI=1S/C17H21N3O/c1-2-4-17(16(3-1)20-12-10-19-11-13-20)21-14-7-15-5-8-18-9-6-15/h1-6,8-9,19H,7,10-14H2. The number of nitrogens with zero attached hydrogens (tertiary/aromatic N) is 2. The van der Waals surface area contributed by atoms with Crippen LogP contribution >= 0.6 is 0 Å². The van der Waals surface area contributed by atoms with Crippen LogP contribution in [0.4, 0.5) is 5.69 Å². The van der Waals surface area contributed by atoms with Crippen molar-refractivity contribution in [2.24, 2.45) is 0 Å². The van der Waals surface area contributed by atoms with Crippen molar-refractivity contribution in [3.63, 3.8) is 0 Å². The van der Waals surface area contributed by atoms with Gasteiger partial charge in [0.15, 0.2) is 0 Å².